The Labute approximate surface area is 122 Å². The maximum Gasteiger partial charge on any atom is 0.224 e. The van der Waals surface area contributed by atoms with Crippen molar-refractivity contribution in [2.75, 3.05) is 0 Å². The van der Waals surface area contributed by atoms with Crippen LogP contribution in [0.3, 0.4) is 0 Å². The molecule has 4 nitrogen and oxygen atoms in total. The van der Waals surface area contributed by atoms with Crippen molar-refractivity contribution in [2.45, 2.75) is 6.61 Å². The highest BCUT2D eigenvalue weighted by Crippen LogP contribution is 2.16. The van der Waals surface area contributed by atoms with Gasteiger partial charge in [-0.05, 0) is 29.8 Å². The zero-order valence-electron chi connectivity index (χ0n) is 9.97. The maximum atomic E-state index is 7.43. The molecule has 1 aromatic carbocycles. The Morgan fingerprint density at radius 1 is 1.26 bits per heavy atom. The van der Waals surface area contributed by atoms with Gasteiger partial charge in [0.2, 0.25) is 5.88 Å². The number of nitrogens with one attached hydrogen (secondary N) is 1. The van der Waals surface area contributed by atoms with Gasteiger partial charge >= 0.3 is 0 Å². The van der Waals surface area contributed by atoms with Gasteiger partial charge < -0.3 is 10.5 Å². The summed E-state index contributed by atoms with van der Waals surface area (Å²) in [5.74, 6) is 0.300. The van der Waals surface area contributed by atoms with Crippen molar-refractivity contribution in [3.05, 3.63) is 58.7 Å². The second-order valence-corrected chi connectivity index (χ2v) is 4.12. The summed E-state index contributed by atoms with van der Waals surface area (Å²) in [5.41, 5.74) is 6.91. The van der Waals surface area contributed by atoms with Crippen molar-refractivity contribution < 1.29 is 4.74 Å². The van der Waals surface area contributed by atoms with Crippen LogP contribution >= 0.6 is 24.0 Å². The second kappa shape index (κ2) is 6.97. The molecule has 2 aromatic rings. The van der Waals surface area contributed by atoms with Crippen LogP contribution in [0.5, 0.6) is 5.88 Å². The number of benzene rings is 1. The van der Waals surface area contributed by atoms with Crippen LogP contribution in [0.4, 0.5) is 0 Å². The molecule has 0 spiro atoms. The predicted octanol–water partition coefficient (Wildman–Crippen LogP) is 3.02. The van der Waals surface area contributed by atoms with E-state index in [1.54, 1.807) is 30.5 Å². The first-order valence-electron chi connectivity index (χ1n) is 5.33. The molecule has 0 aliphatic heterocycles. The van der Waals surface area contributed by atoms with Gasteiger partial charge in [0.05, 0.1) is 5.56 Å². The molecule has 1 heterocycles. The largest absolute Gasteiger partial charge is 0.472 e. The number of hydrogen-bond acceptors (Lipinski definition) is 3. The molecule has 0 aliphatic carbocycles. The van der Waals surface area contributed by atoms with E-state index in [4.69, 9.17) is 27.5 Å². The van der Waals surface area contributed by atoms with Crippen molar-refractivity contribution in [3.8, 4) is 5.88 Å². The van der Waals surface area contributed by atoms with E-state index < -0.39 is 0 Å². The van der Waals surface area contributed by atoms with Gasteiger partial charge in [0.25, 0.3) is 0 Å². The fourth-order valence-corrected chi connectivity index (χ4v) is 1.57. The van der Waals surface area contributed by atoms with Crippen LogP contribution in [0.15, 0.2) is 42.6 Å². The van der Waals surface area contributed by atoms with E-state index in [1.807, 2.05) is 12.1 Å². The zero-order chi connectivity index (χ0) is 13.0. The molecule has 0 amide bonds. The highest BCUT2D eigenvalue weighted by atomic mass is 35.5. The minimum Gasteiger partial charge on any atom is -0.472 e. The smallest absolute Gasteiger partial charge is 0.224 e. The molecule has 0 atom stereocenters. The third kappa shape index (κ3) is 4.12. The van der Waals surface area contributed by atoms with Crippen LogP contribution in [-0.2, 0) is 6.61 Å². The summed E-state index contributed by atoms with van der Waals surface area (Å²) >= 11 is 5.80. The SMILES string of the molecule is Cl.N=C(N)c1cccnc1OCc1ccc(Cl)cc1. The standard InChI is InChI=1S/C13H12ClN3O.ClH/c14-10-5-3-9(4-6-10)8-18-13-11(12(15)16)2-1-7-17-13;/h1-7H,8H2,(H3,15,16);1H. The van der Waals surface area contributed by atoms with Crippen LogP contribution in [0.1, 0.15) is 11.1 Å². The first-order chi connectivity index (χ1) is 8.66. The van der Waals surface area contributed by atoms with Crippen LogP contribution in [0.2, 0.25) is 5.02 Å². The summed E-state index contributed by atoms with van der Waals surface area (Å²) in [7, 11) is 0. The molecule has 3 N–H and O–H groups in total. The number of amidine groups is 1. The lowest BCUT2D eigenvalue weighted by Crippen LogP contribution is -2.13. The van der Waals surface area contributed by atoms with Gasteiger partial charge in [-0.25, -0.2) is 4.98 Å². The molecule has 0 radical (unpaired) electrons. The van der Waals surface area contributed by atoms with Crippen molar-refractivity contribution in [1.82, 2.24) is 4.98 Å². The number of hydrogen-bond donors (Lipinski definition) is 2. The minimum atomic E-state index is -0.0609. The Morgan fingerprint density at radius 2 is 1.95 bits per heavy atom. The number of rotatable bonds is 4. The predicted molar refractivity (Wildman–Crippen MR) is 78.3 cm³/mol. The summed E-state index contributed by atoms with van der Waals surface area (Å²) in [6, 6.07) is 10.8. The van der Waals surface area contributed by atoms with Crippen LogP contribution < -0.4 is 10.5 Å². The molecular weight excluding hydrogens is 285 g/mol. The van der Waals surface area contributed by atoms with E-state index in [9.17, 15) is 0 Å². The fraction of sp³-hybridized carbons (Fsp3) is 0.0769. The molecule has 0 aliphatic rings. The van der Waals surface area contributed by atoms with E-state index in [2.05, 4.69) is 4.98 Å². The van der Waals surface area contributed by atoms with Crippen molar-refractivity contribution in [1.29, 1.82) is 5.41 Å². The van der Waals surface area contributed by atoms with Crippen LogP contribution in [-0.4, -0.2) is 10.8 Å². The highest BCUT2D eigenvalue weighted by molar-refractivity contribution is 6.30. The van der Waals surface area contributed by atoms with Gasteiger partial charge in [0.1, 0.15) is 12.4 Å². The summed E-state index contributed by atoms with van der Waals surface area (Å²) < 4.78 is 5.55. The van der Waals surface area contributed by atoms with Crippen molar-refractivity contribution in [3.63, 3.8) is 0 Å². The molecular formula is C13H13Cl2N3O. The lowest BCUT2D eigenvalue weighted by atomic mass is 10.2. The van der Waals surface area contributed by atoms with Crippen LogP contribution in [0.25, 0.3) is 0 Å². The lowest BCUT2D eigenvalue weighted by Gasteiger charge is -2.09. The van der Waals surface area contributed by atoms with Gasteiger partial charge in [-0.2, -0.15) is 0 Å². The van der Waals surface area contributed by atoms with Crippen LogP contribution in [0, 0.1) is 5.41 Å². The quantitative estimate of drug-likeness (QED) is 0.673. The normalized spacial score (nSPS) is 9.53. The van der Waals surface area contributed by atoms with E-state index in [0.717, 1.165) is 5.56 Å². The zero-order valence-corrected chi connectivity index (χ0v) is 11.5. The second-order valence-electron chi connectivity index (χ2n) is 3.68. The third-order valence-corrected chi connectivity index (χ3v) is 2.60. The minimum absolute atomic E-state index is 0. The first-order valence-corrected chi connectivity index (χ1v) is 5.71. The molecule has 0 unspecified atom stereocenters. The Bertz CT molecular complexity index is 558. The number of nitrogen functional groups attached to an aromatic ring is 1. The van der Waals surface area contributed by atoms with Crippen molar-refractivity contribution >= 4 is 29.8 Å². The molecule has 0 saturated heterocycles. The summed E-state index contributed by atoms with van der Waals surface area (Å²) in [5, 5.41) is 8.11. The summed E-state index contributed by atoms with van der Waals surface area (Å²) in [4.78, 5) is 4.06. The van der Waals surface area contributed by atoms with Gasteiger partial charge in [0.15, 0.2) is 0 Å². The van der Waals surface area contributed by atoms with Crippen molar-refractivity contribution in [2.24, 2.45) is 5.73 Å². The van der Waals surface area contributed by atoms with Gasteiger partial charge in [-0.3, -0.25) is 5.41 Å². The molecule has 6 heteroatoms. The average Bonchev–Trinajstić information content (AvgIpc) is 2.38. The van der Waals surface area contributed by atoms with Gasteiger partial charge in [-0.1, -0.05) is 23.7 Å². The summed E-state index contributed by atoms with van der Waals surface area (Å²) in [6.07, 6.45) is 1.60. The molecule has 0 fully saturated rings. The number of ether oxygens (including phenoxy) is 1. The molecule has 100 valence electrons. The number of nitrogens with zero attached hydrogens (tertiary/aromatic N) is 1. The van der Waals surface area contributed by atoms with Gasteiger partial charge in [0, 0.05) is 11.2 Å². The number of pyridine rings is 1. The third-order valence-electron chi connectivity index (χ3n) is 2.35. The summed E-state index contributed by atoms with van der Waals surface area (Å²) in [6.45, 7) is 0.356. The Hall–Kier alpha value is -1.78. The molecule has 0 bridgehead atoms. The first kappa shape index (κ1) is 15.3. The monoisotopic (exact) mass is 297 g/mol. The lowest BCUT2D eigenvalue weighted by molar-refractivity contribution is 0.293. The number of aromatic nitrogens is 1. The van der Waals surface area contributed by atoms with E-state index in [1.165, 1.54) is 0 Å². The topological polar surface area (TPSA) is 72.0 Å². The number of halogens is 2. The maximum absolute atomic E-state index is 7.43. The molecule has 0 saturated carbocycles. The molecule has 19 heavy (non-hydrogen) atoms. The molecule has 1 aromatic heterocycles. The Balaban J connectivity index is 0.00000180. The van der Waals surface area contributed by atoms with E-state index in [-0.39, 0.29) is 18.2 Å². The van der Waals surface area contributed by atoms with Gasteiger partial charge in [-0.15, -0.1) is 12.4 Å². The molecule has 2 rings (SSSR count). The highest BCUT2D eigenvalue weighted by Gasteiger charge is 2.07. The van der Waals surface area contributed by atoms with E-state index in [0.29, 0.717) is 23.1 Å². The van der Waals surface area contributed by atoms with E-state index >= 15 is 0 Å². The Kier molecular flexibility index (Phi) is 5.60. The fourth-order valence-electron chi connectivity index (χ4n) is 1.44. The average molecular weight is 298 g/mol. The Morgan fingerprint density at radius 3 is 2.58 bits per heavy atom. The number of nitrogens with two attached hydrogens (primary N) is 1.